The van der Waals surface area contributed by atoms with Gasteiger partial charge in [-0.05, 0) is 23.1 Å². The second-order valence-corrected chi connectivity index (χ2v) is 8.22. The third-order valence-electron chi connectivity index (χ3n) is 4.50. The first-order chi connectivity index (χ1) is 12.8. The number of aliphatic hydroxyl groups is 1. The molecule has 1 unspecified atom stereocenters. The van der Waals surface area contributed by atoms with E-state index in [1.807, 2.05) is 11.8 Å². The van der Waals surface area contributed by atoms with Gasteiger partial charge in [-0.1, -0.05) is 91.0 Å². The van der Waals surface area contributed by atoms with Gasteiger partial charge in [-0.2, -0.15) is 12.6 Å². The molecule has 1 atom stereocenters. The summed E-state index contributed by atoms with van der Waals surface area (Å²) in [6.45, 7) is 0.170. The normalized spacial score (nSPS) is 12.7. The zero-order valence-corrected chi connectivity index (χ0v) is 16.4. The van der Waals surface area contributed by atoms with Crippen LogP contribution >= 0.6 is 24.4 Å². The molecule has 26 heavy (non-hydrogen) atoms. The molecule has 3 aromatic rings. The molecule has 0 aliphatic heterocycles. The van der Waals surface area contributed by atoms with Crippen molar-refractivity contribution in [2.45, 2.75) is 16.4 Å². The molecule has 134 valence electrons. The van der Waals surface area contributed by atoms with Crippen molar-refractivity contribution in [3.63, 3.8) is 0 Å². The van der Waals surface area contributed by atoms with E-state index >= 15 is 0 Å². The maximum absolute atomic E-state index is 9.26. The molecule has 3 rings (SSSR count). The molecule has 0 aromatic heterocycles. The van der Waals surface area contributed by atoms with Crippen LogP contribution in [0.2, 0.25) is 0 Å². The zero-order valence-electron chi connectivity index (χ0n) is 14.7. The Morgan fingerprint density at radius 2 is 1.12 bits per heavy atom. The van der Waals surface area contributed by atoms with E-state index in [0.717, 1.165) is 5.75 Å². The lowest BCUT2D eigenvalue weighted by molar-refractivity contribution is 0.289. The highest BCUT2D eigenvalue weighted by molar-refractivity contribution is 8.01. The minimum Gasteiger partial charge on any atom is -0.396 e. The molecule has 0 spiro atoms. The molecule has 3 heteroatoms. The molecule has 0 radical (unpaired) electrons. The molecule has 1 nitrogen and oxygen atoms in total. The van der Waals surface area contributed by atoms with Crippen LogP contribution in [0.5, 0.6) is 0 Å². The Morgan fingerprint density at radius 1 is 0.731 bits per heavy atom. The Balaban J connectivity index is 2.15. The molecule has 0 amide bonds. The van der Waals surface area contributed by atoms with Crippen molar-refractivity contribution in [3.05, 3.63) is 108 Å². The predicted molar refractivity (Wildman–Crippen MR) is 116 cm³/mol. The molecule has 1 N–H and O–H groups in total. The minimum atomic E-state index is -0.305. The van der Waals surface area contributed by atoms with E-state index in [0.29, 0.717) is 6.42 Å². The number of aliphatic hydroxyl groups excluding tert-OH is 1. The molecule has 0 bridgehead atoms. The van der Waals surface area contributed by atoms with Crippen LogP contribution in [0.15, 0.2) is 91.0 Å². The van der Waals surface area contributed by atoms with Crippen LogP contribution in [0.25, 0.3) is 0 Å². The second-order valence-electron chi connectivity index (χ2n) is 6.26. The summed E-state index contributed by atoms with van der Waals surface area (Å²) in [5.41, 5.74) is 3.77. The number of hydrogen-bond donors (Lipinski definition) is 2. The van der Waals surface area contributed by atoms with Crippen molar-refractivity contribution >= 4 is 24.4 Å². The number of rotatable bonds is 8. The SMILES string of the molecule is OCCC(S)CSC(c1ccccc1)(c1ccccc1)c1ccccc1. The van der Waals surface area contributed by atoms with Gasteiger partial charge in [0.15, 0.2) is 0 Å². The highest BCUT2D eigenvalue weighted by atomic mass is 32.2. The van der Waals surface area contributed by atoms with Gasteiger partial charge in [-0.25, -0.2) is 0 Å². The lowest BCUT2D eigenvalue weighted by Gasteiger charge is -2.36. The fourth-order valence-electron chi connectivity index (χ4n) is 3.22. The van der Waals surface area contributed by atoms with E-state index in [2.05, 4.69) is 104 Å². The summed E-state index contributed by atoms with van der Waals surface area (Å²) in [4.78, 5) is 0. The monoisotopic (exact) mass is 380 g/mol. The highest BCUT2D eigenvalue weighted by Gasteiger charge is 2.37. The molecule has 3 aromatic carbocycles. The molecular weight excluding hydrogens is 356 g/mol. The lowest BCUT2D eigenvalue weighted by atomic mass is 9.84. The third kappa shape index (κ3) is 4.17. The Kier molecular flexibility index (Phi) is 6.84. The number of thiol groups is 1. The van der Waals surface area contributed by atoms with Crippen LogP contribution in [0.4, 0.5) is 0 Å². The molecular formula is C23H24OS2. The topological polar surface area (TPSA) is 20.2 Å². The van der Waals surface area contributed by atoms with Gasteiger partial charge in [0.25, 0.3) is 0 Å². The third-order valence-corrected chi connectivity index (χ3v) is 6.89. The van der Waals surface area contributed by atoms with Gasteiger partial charge in [-0.3, -0.25) is 0 Å². The molecule has 0 fully saturated rings. The van der Waals surface area contributed by atoms with Gasteiger partial charge in [-0.15, -0.1) is 11.8 Å². The Morgan fingerprint density at radius 3 is 1.46 bits per heavy atom. The van der Waals surface area contributed by atoms with Crippen LogP contribution < -0.4 is 0 Å². The summed E-state index contributed by atoms with van der Waals surface area (Å²) in [6, 6.07) is 32.0. The number of benzene rings is 3. The van der Waals surface area contributed by atoms with E-state index in [9.17, 15) is 5.11 Å². The Hall–Kier alpha value is -1.68. The molecule has 0 heterocycles. The van der Waals surface area contributed by atoms with Crippen molar-refractivity contribution in [1.82, 2.24) is 0 Å². The molecule has 0 aliphatic rings. The fraction of sp³-hybridized carbons (Fsp3) is 0.217. The van der Waals surface area contributed by atoms with Crippen LogP contribution in [-0.4, -0.2) is 22.7 Å². The van der Waals surface area contributed by atoms with E-state index in [1.165, 1.54) is 16.7 Å². The van der Waals surface area contributed by atoms with Crippen LogP contribution in [0.3, 0.4) is 0 Å². The first-order valence-electron chi connectivity index (χ1n) is 8.87. The summed E-state index contributed by atoms with van der Waals surface area (Å²) in [7, 11) is 0. The maximum atomic E-state index is 9.26. The van der Waals surface area contributed by atoms with Gasteiger partial charge in [0, 0.05) is 17.6 Å². The van der Waals surface area contributed by atoms with E-state index in [-0.39, 0.29) is 16.6 Å². The first kappa shape index (κ1) is 19.1. The summed E-state index contributed by atoms with van der Waals surface area (Å²) in [5.74, 6) is 0.850. The van der Waals surface area contributed by atoms with E-state index in [1.54, 1.807) is 0 Å². The Labute approximate surface area is 165 Å². The minimum absolute atomic E-state index is 0.153. The van der Waals surface area contributed by atoms with E-state index < -0.39 is 0 Å². The molecule has 0 aliphatic carbocycles. The average molecular weight is 381 g/mol. The van der Waals surface area contributed by atoms with Gasteiger partial charge in [0.1, 0.15) is 0 Å². The van der Waals surface area contributed by atoms with Crippen LogP contribution in [0.1, 0.15) is 23.1 Å². The van der Waals surface area contributed by atoms with Crippen LogP contribution in [-0.2, 0) is 4.75 Å². The highest BCUT2D eigenvalue weighted by Crippen LogP contribution is 2.48. The summed E-state index contributed by atoms with van der Waals surface area (Å²) in [5, 5.41) is 9.41. The largest absolute Gasteiger partial charge is 0.396 e. The Bertz CT molecular complexity index is 678. The summed E-state index contributed by atoms with van der Waals surface area (Å²) in [6.07, 6.45) is 0.699. The van der Waals surface area contributed by atoms with E-state index in [4.69, 9.17) is 0 Å². The van der Waals surface area contributed by atoms with Crippen molar-refractivity contribution < 1.29 is 5.11 Å². The standard InChI is InChI=1S/C23H24OS2/c24-17-16-22(25)18-26-23(19-10-4-1-5-11-19,20-12-6-2-7-13-20)21-14-8-3-9-15-21/h1-15,22,24-25H,16-18H2. The predicted octanol–water partition coefficient (Wildman–Crippen LogP) is 5.39. The fourth-order valence-corrected chi connectivity index (χ4v) is 5.08. The summed E-state index contributed by atoms with van der Waals surface area (Å²) >= 11 is 6.57. The van der Waals surface area contributed by atoms with Gasteiger partial charge < -0.3 is 5.11 Å². The quantitative estimate of drug-likeness (QED) is 0.403. The average Bonchev–Trinajstić information content (AvgIpc) is 2.71. The van der Waals surface area contributed by atoms with Crippen molar-refractivity contribution in [2.24, 2.45) is 0 Å². The van der Waals surface area contributed by atoms with Crippen molar-refractivity contribution in [3.8, 4) is 0 Å². The lowest BCUT2D eigenvalue weighted by Crippen LogP contribution is -2.27. The molecule has 0 saturated heterocycles. The maximum Gasteiger partial charge on any atom is 0.0907 e. The second kappa shape index (κ2) is 9.31. The zero-order chi connectivity index (χ0) is 18.2. The smallest absolute Gasteiger partial charge is 0.0907 e. The van der Waals surface area contributed by atoms with Crippen molar-refractivity contribution in [2.75, 3.05) is 12.4 Å². The van der Waals surface area contributed by atoms with Gasteiger partial charge >= 0.3 is 0 Å². The van der Waals surface area contributed by atoms with Crippen molar-refractivity contribution in [1.29, 1.82) is 0 Å². The van der Waals surface area contributed by atoms with Gasteiger partial charge in [0.05, 0.1) is 4.75 Å². The summed E-state index contributed by atoms with van der Waals surface area (Å²) < 4.78 is -0.305. The van der Waals surface area contributed by atoms with Gasteiger partial charge in [0.2, 0.25) is 0 Å². The molecule has 0 saturated carbocycles. The van der Waals surface area contributed by atoms with Crippen LogP contribution in [0, 0.1) is 0 Å². The number of hydrogen-bond acceptors (Lipinski definition) is 3. The first-order valence-corrected chi connectivity index (χ1v) is 10.4. The number of thioether (sulfide) groups is 1.